The molecule has 10 nitrogen and oxygen atoms in total. The number of aromatic nitrogens is 2. The van der Waals surface area contributed by atoms with Crippen LogP contribution >= 0.6 is 0 Å². The molecule has 1 heterocycles. The van der Waals surface area contributed by atoms with Gasteiger partial charge in [-0.1, -0.05) is 91.3 Å². The lowest BCUT2D eigenvalue weighted by Gasteiger charge is -2.19. The quantitative estimate of drug-likeness (QED) is 0.0503. The Bertz CT molecular complexity index is 2160. The van der Waals surface area contributed by atoms with Crippen molar-refractivity contribution in [3.8, 4) is 23.1 Å². The summed E-state index contributed by atoms with van der Waals surface area (Å²) in [6.45, 7) is 16.3. The fraction of sp³-hybridized carbons (Fsp3) is 0.319. The lowest BCUT2D eigenvalue weighted by atomic mass is 10.1. The monoisotopic (exact) mass is 771 g/mol. The maximum Gasteiger partial charge on any atom is 0.338 e. The van der Waals surface area contributed by atoms with Crippen LogP contribution in [0.1, 0.15) is 81.2 Å². The van der Waals surface area contributed by atoms with Crippen LogP contribution in [0.5, 0.6) is 23.1 Å². The lowest BCUT2D eigenvalue weighted by Crippen LogP contribution is -2.23. The van der Waals surface area contributed by atoms with E-state index in [1.807, 2.05) is 132 Å². The van der Waals surface area contributed by atoms with E-state index in [1.54, 1.807) is 23.0 Å². The molecule has 0 radical (unpaired) electrons. The van der Waals surface area contributed by atoms with Crippen LogP contribution in [0.3, 0.4) is 0 Å². The minimum atomic E-state index is -0.527. The molecule has 0 aliphatic heterocycles. The van der Waals surface area contributed by atoms with Crippen molar-refractivity contribution < 1.29 is 33.4 Å². The number of para-hydroxylation sites is 2. The molecule has 1 aliphatic rings. The van der Waals surface area contributed by atoms with E-state index in [4.69, 9.17) is 23.8 Å². The first-order valence-electron chi connectivity index (χ1n) is 19.0. The number of ether oxygens (including phenoxy) is 4. The Labute approximate surface area is 336 Å². The number of hydrogen-bond donors (Lipinski definition) is 0. The van der Waals surface area contributed by atoms with Crippen molar-refractivity contribution in [2.75, 3.05) is 0 Å². The van der Waals surface area contributed by atoms with E-state index in [1.165, 1.54) is 5.57 Å². The van der Waals surface area contributed by atoms with Gasteiger partial charge < -0.3 is 23.8 Å². The van der Waals surface area contributed by atoms with Gasteiger partial charge >= 0.3 is 11.9 Å². The summed E-state index contributed by atoms with van der Waals surface area (Å²) in [5, 5.41) is 8.47. The molecule has 1 aliphatic carbocycles. The molecule has 298 valence electrons. The largest absolute Gasteiger partial charge is 0.461 e. The van der Waals surface area contributed by atoms with Crippen LogP contribution in [0, 0.1) is 24.2 Å². The molecule has 5 aromatic rings. The van der Waals surface area contributed by atoms with Crippen molar-refractivity contribution in [1.29, 1.82) is 0 Å². The van der Waals surface area contributed by atoms with Gasteiger partial charge in [0, 0.05) is 7.05 Å². The molecule has 57 heavy (non-hydrogen) atoms. The van der Waals surface area contributed by atoms with Crippen molar-refractivity contribution in [2.24, 2.45) is 29.5 Å². The second kappa shape index (κ2) is 18.7. The molecule has 1 saturated carbocycles. The van der Waals surface area contributed by atoms with E-state index in [0.29, 0.717) is 17.2 Å². The average molecular weight is 772 g/mol. The third-order valence-electron chi connectivity index (χ3n) is 9.18. The maximum absolute atomic E-state index is 12.5. The highest BCUT2D eigenvalue weighted by Gasteiger charge is 2.61. The first kappa shape index (κ1) is 42.0. The first-order valence-corrected chi connectivity index (χ1v) is 19.0. The predicted molar refractivity (Wildman–Crippen MR) is 221 cm³/mol. The Morgan fingerprint density at radius 2 is 1.42 bits per heavy atom. The van der Waals surface area contributed by atoms with Crippen molar-refractivity contribution >= 4 is 18.2 Å². The molecule has 4 aromatic carbocycles. The first-order chi connectivity index (χ1) is 27.1. The van der Waals surface area contributed by atoms with E-state index in [0.717, 1.165) is 33.9 Å². The number of hydrogen-bond acceptors (Lipinski definition) is 9. The summed E-state index contributed by atoms with van der Waals surface area (Å²) in [6.07, 6.45) is 3.77. The minimum absolute atomic E-state index is 0.0212. The van der Waals surface area contributed by atoms with Crippen molar-refractivity contribution in [3.63, 3.8) is 0 Å². The number of allylic oxidation sites excluding steroid dienone is 2. The standard InChI is InChI=1S/C24H27N3O4.C23H26O3/c1-17-21(22(27(5)26-17)30-20-9-7-6-8-10-20)15-25-29-16-18-11-13-19(14-12-18)23(28)31-24(2,3)4;1-16(2)13-20-21(23(20,3)4)22(24)25-15-17-9-8-12-19(14-17)26-18-10-6-5-7-11-18/h6-15H,16H2,1-5H3;5-14,20-21H,15H2,1-4H3/b25-15+;. The molecule has 1 aromatic heterocycles. The number of aryl methyl sites for hydroxylation is 2. The van der Waals surface area contributed by atoms with Crippen LogP contribution in [0.25, 0.3) is 0 Å². The number of esters is 2. The van der Waals surface area contributed by atoms with E-state index in [2.05, 4.69) is 44.0 Å². The normalized spacial score (nSPS) is 15.5. The minimum Gasteiger partial charge on any atom is -0.461 e. The number of benzene rings is 4. The topological polar surface area (TPSA) is 110 Å². The Morgan fingerprint density at radius 1 is 0.807 bits per heavy atom. The predicted octanol–water partition coefficient (Wildman–Crippen LogP) is 10.8. The highest BCUT2D eigenvalue weighted by Crippen LogP contribution is 2.59. The fourth-order valence-electron chi connectivity index (χ4n) is 6.16. The summed E-state index contributed by atoms with van der Waals surface area (Å²) >= 11 is 0. The molecule has 0 amide bonds. The summed E-state index contributed by atoms with van der Waals surface area (Å²) < 4.78 is 24.4. The lowest BCUT2D eigenvalue weighted by molar-refractivity contribution is -0.147. The van der Waals surface area contributed by atoms with Gasteiger partial charge in [-0.05, 0) is 113 Å². The third kappa shape index (κ3) is 12.2. The summed E-state index contributed by atoms with van der Waals surface area (Å²) in [5.41, 5.74) is 4.51. The molecule has 6 rings (SSSR count). The molecule has 2 atom stereocenters. The molecule has 1 fully saturated rings. The van der Waals surface area contributed by atoms with E-state index in [-0.39, 0.29) is 42.4 Å². The van der Waals surface area contributed by atoms with E-state index in [9.17, 15) is 9.59 Å². The summed E-state index contributed by atoms with van der Waals surface area (Å²) in [7, 11) is 1.82. The molecule has 0 bridgehead atoms. The zero-order valence-electron chi connectivity index (χ0n) is 34.3. The van der Waals surface area contributed by atoms with Gasteiger partial charge in [-0.3, -0.25) is 4.79 Å². The SMILES string of the molecule is CC(C)=CC1C(C(=O)OCc2cccc(Oc3ccccc3)c2)C1(C)C.Cc1nn(C)c(Oc2ccccc2)c1/C=N/OCc1ccc(C(=O)OC(C)(C)C)cc1. The molecule has 0 N–H and O–H groups in total. The van der Waals surface area contributed by atoms with Gasteiger partial charge in [-0.2, -0.15) is 5.10 Å². The van der Waals surface area contributed by atoms with E-state index >= 15 is 0 Å². The molecule has 0 spiro atoms. The van der Waals surface area contributed by atoms with Gasteiger partial charge in [0.15, 0.2) is 0 Å². The smallest absolute Gasteiger partial charge is 0.338 e. The van der Waals surface area contributed by atoms with Gasteiger partial charge in [0.2, 0.25) is 5.88 Å². The molecular formula is C47H53N3O7. The highest BCUT2D eigenvalue weighted by molar-refractivity contribution is 5.89. The van der Waals surface area contributed by atoms with Crippen molar-refractivity contribution in [2.45, 2.75) is 74.2 Å². The highest BCUT2D eigenvalue weighted by atomic mass is 16.6. The number of oxime groups is 1. The van der Waals surface area contributed by atoms with Gasteiger partial charge in [0.25, 0.3) is 0 Å². The zero-order chi connectivity index (χ0) is 41.2. The number of carbonyl (C=O) groups excluding carboxylic acids is 2. The summed E-state index contributed by atoms with van der Waals surface area (Å²) in [6, 6.07) is 33.8. The second-order valence-electron chi connectivity index (χ2n) is 15.8. The van der Waals surface area contributed by atoms with Gasteiger partial charge in [-0.15, -0.1) is 0 Å². The van der Waals surface area contributed by atoms with Crippen LogP contribution in [0.2, 0.25) is 0 Å². The Balaban J connectivity index is 0.000000221. The Hall–Kier alpha value is -6.16. The second-order valence-corrected chi connectivity index (χ2v) is 15.8. The number of carbonyl (C=O) groups is 2. The van der Waals surface area contributed by atoms with Gasteiger partial charge in [0.1, 0.15) is 36.1 Å². The Morgan fingerprint density at radius 3 is 2.04 bits per heavy atom. The number of rotatable bonds is 13. The van der Waals surface area contributed by atoms with Crippen LogP contribution in [0.15, 0.2) is 126 Å². The fourth-order valence-corrected chi connectivity index (χ4v) is 6.16. The molecular weight excluding hydrogens is 719 g/mol. The summed E-state index contributed by atoms with van der Waals surface area (Å²) in [4.78, 5) is 30.0. The van der Waals surface area contributed by atoms with Crippen LogP contribution in [0.4, 0.5) is 0 Å². The van der Waals surface area contributed by atoms with Gasteiger partial charge in [-0.25, -0.2) is 9.48 Å². The Kier molecular flexibility index (Phi) is 13.7. The van der Waals surface area contributed by atoms with Crippen molar-refractivity contribution in [3.05, 3.63) is 149 Å². The number of nitrogens with zero attached hydrogens (tertiary/aromatic N) is 3. The van der Waals surface area contributed by atoms with Crippen LogP contribution in [-0.2, 0) is 39.4 Å². The van der Waals surface area contributed by atoms with Crippen LogP contribution in [-0.4, -0.2) is 33.5 Å². The van der Waals surface area contributed by atoms with Crippen molar-refractivity contribution in [1.82, 2.24) is 9.78 Å². The van der Waals surface area contributed by atoms with Gasteiger partial charge in [0.05, 0.1) is 29.0 Å². The zero-order valence-corrected chi connectivity index (χ0v) is 34.3. The van der Waals surface area contributed by atoms with E-state index < -0.39 is 5.60 Å². The molecule has 2 unspecified atom stereocenters. The maximum atomic E-state index is 12.5. The average Bonchev–Trinajstić information content (AvgIpc) is 3.59. The molecule has 0 saturated heterocycles. The molecule has 10 heteroatoms. The van der Waals surface area contributed by atoms with Crippen LogP contribution < -0.4 is 9.47 Å². The summed E-state index contributed by atoms with van der Waals surface area (Å²) in [5.74, 6) is 2.56. The third-order valence-corrected chi connectivity index (χ3v) is 9.18.